The molecule has 0 saturated carbocycles. The van der Waals surface area contributed by atoms with Crippen molar-refractivity contribution in [3.8, 4) is 5.75 Å². The highest BCUT2D eigenvalue weighted by Crippen LogP contribution is 2.20. The number of para-hydroxylation sites is 1. The van der Waals surface area contributed by atoms with Gasteiger partial charge in [-0.25, -0.2) is 4.79 Å². The molecule has 1 amide bonds. The average molecular weight is 485 g/mol. The minimum Gasteiger partial charge on any atom is -0.497 e. The highest BCUT2D eigenvalue weighted by Gasteiger charge is 2.25. The largest absolute Gasteiger partial charge is 0.497 e. The fraction of sp³-hybridized carbons (Fsp3) is 0.207. The Morgan fingerprint density at radius 2 is 1.61 bits per heavy atom. The Balaban J connectivity index is 1.50. The lowest BCUT2D eigenvalue weighted by molar-refractivity contribution is -0.144. The van der Waals surface area contributed by atoms with Crippen LogP contribution in [0.4, 0.5) is 0 Å². The average Bonchev–Trinajstić information content (AvgIpc) is 3.34. The number of carbonyl (C=O) groups is 3. The van der Waals surface area contributed by atoms with Gasteiger partial charge in [-0.2, -0.15) is 0 Å². The number of Topliss-reactive ketones (excluding diaryl/α,β-unsaturated/α-hetero) is 1. The van der Waals surface area contributed by atoms with Crippen molar-refractivity contribution in [1.29, 1.82) is 0 Å². The summed E-state index contributed by atoms with van der Waals surface area (Å²) >= 11 is 0. The fourth-order valence-corrected chi connectivity index (χ4v) is 3.94. The molecule has 36 heavy (non-hydrogen) atoms. The first-order valence-electron chi connectivity index (χ1n) is 11.8. The number of ether oxygens (including phenoxy) is 2. The minimum atomic E-state index is -0.980. The smallest absolute Gasteiger partial charge is 0.329 e. The quantitative estimate of drug-likeness (QED) is 0.255. The van der Waals surface area contributed by atoms with E-state index in [0.29, 0.717) is 16.9 Å². The van der Waals surface area contributed by atoms with Crippen molar-refractivity contribution in [2.24, 2.45) is 0 Å². The number of nitrogens with one attached hydrogen (secondary N) is 2. The van der Waals surface area contributed by atoms with Crippen molar-refractivity contribution < 1.29 is 23.9 Å². The van der Waals surface area contributed by atoms with Crippen molar-refractivity contribution in [3.63, 3.8) is 0 Å². The van der Waals surface area contributed by atoms with Crippen LogP contribution in [0.25, 0.3) is 10.9 Å². The van der Waals surface area contributed by atoms with E-state index >= 15 is 0 Å². The molecule has 7 heteroatoms. The molecule has 4 aromatic rings. The minimum absolute atomic E-state index is 0.207. The molecule has 1 atom stereocenters. The van der Waals surface area contributed by atoms with Gasteiger partial charge in [0.05, 0.1) is 7.11 Å². The number of rotatable bonds is 10. The highest BCUT2D eigenvalue weighted by atomic mass is 16.5. The first kappa shape index (κ1) is 24.7. The van der Waals surface area contributed by atoms with Crippen LogP contribution >= 0.6 is 0 Å². The molecule has 0 saturated heterocycles. The number of methoxy groups -OCH3 is 1. The number of fused-ring (bicyclic) bond motifs is 1. The second-order valence-corrected chi connectivity index (χ2v) is 8.40. The Hall–Kier alpha value is -4.39. The van der Waals surface area contributed by atoms with Gasteiger partial charge in [-0.1, -0.05) is 37.3 Å². The van der Waals surface area contributed by atoms with Crippen LogP contribution in [0.3, 0.4) is 0 Å². The molecule has 0 radical (unpaired) electrons. The lowest BCUT2D eigenvalue weighted by Crippen LogP contribution is -2.43. The number of ketones is 1. The van der Waals surface area contributed by atoms with Crippen LogP contribution in [-0.2, 0) is 22.4 Å². The SMILES string of the molecule is CCc1ccc(C(=O)NC(Cc2c[nH]c3ccccc23)C(=O)OCC(=O)c2ccc(OC)cc2)cc1. The Kier molecular flexibility index (Phi) is 7.80. The lowest BCUT2D eigenvalue weighted by atomic mass is 10.0. The number of aromatic nitrogens is 1. The molecule has 7 nitrogen and oxygen atoms in total. The fourth-order valence-electron chi connectivity index (χ4n) is 3.94. The van der Waals surface area contributed by atoms with E-state index in [2.05, 4.69) is 10.3 Å². The van der Waals surface area contributed by atoms with E-state index in [9.17, 15) is 14.4 Å². The number of aromatic amines is 1. The van der Waals surface area contributed by atoms with Crippen LogP contribution in [-0.4, -0.2) is 42.4 Å². The molecule has 0 spiro atoms. The van der Waals surface area contributed by atoms with E-state index in [1.54, 1.807) is 43.5 Å². The van der Waals surface area contributed by atoms with E-state index in [4.69, 9.17) is 9.47 Å². The van der Waals surface area contributed by atoms with Crippen molar-refractivity contribution in [1.82, 2.24) is 10.3 Å². The summed E-state index contributed by atoms with van der Waals surface area (Å²) in [6.45, 7) is 1.60. The summed E-state index contributed by atoms with van der Waals surface area (Å²) in [6, 6.07) is 20.5. The van der Waals surface area contributed by atoms with Gasteiger partial charge >= 0.3 is 5.97 Å². The summed E-state index contributed by atoms with van der Waals surface area (Å²) in [5.74, 6) is -0.794. The van der Waals surface area contributed by atoms with Crippen molar-refractivity contribution in [2.45, 2.75) is 25.8 Å². The molecular weight excluding hydrogens is 456 g/mol. The van der Waals surface area contributed by atoms with Gasteiger partial charge in [0.1, 0.15) is 11.8 Å². The van der Waals surface area contributed by atoms with Gasteiger partial charge in [0.15, 0.2) is 12.4 Å². The third-order valence-corrected chi connectivity index (χ3v) is 6.07. The molecule has 2 N–H and O–H groups in total. The third kappa shape index (κ3) is 5.81. The summed E-state index contributed by atoms with van der Waals surface area (Å²) in [7, 11) is 1.54. The van der Waals surface area contributed by atoms with Gasteiger partial charge < -0.3 is 19.8 Å². The zero-order valence-electron chi connectivity index (χ0n) is 20.2. The molecular formula is C29H28N2O5. The molecule has 1 heterocycles. The van der Waals surface area contributed by atoms with Crippen LogP contribution in [0, 0.1) is 0 Å². The Morgan fingerprint density at radius 1 is 0.917 bits per heavy atom. The summed E-state index contributed by atoms with van der Waals surface area (Å²) < 4.78 is 10.5. The number of amides is 1. The summed E-state index contributed by atoms with van der Waals surface area (Å²) in [5.41, 5.74) is 3.74. The maximum atomic E-state index is 13.1. The first-order valence-corrected chi connectivity index (χ1v) is 11.8. The molecule has 184 valence electrons. The topological polar surface area (TPSA) is 97.5 Å². The molecule has 0 aliphatic carbocycles. The van der Waals surface area contributed by atoms with Crippen molar-refractivity contribution >= 4 is 28.6 Å². The second-order valence-electron chi connectivity index (χ2n) is 8.40. The Labute approximate surface area is 209 Å². The van der Waals surface area contributed by atoms with Gasteiger partial charge in [-0.05, 0) is 60.0 Å². The lowest BCUT2D eigenvalue weighted by Gasteiger charge is -2.18. The summed E-state index contributed by atoms with van der Waals surface area (Å²) in [6.07, 6.45) is 2.88. The van der Waals surface area contributed by atoms with Gasteiger partial charge in [0, 0.05) is 34.6 Å². The maximum absolute atomic E-state index is 13.1. The first-order chi connectivity index (χ1) is 17.5. The normalized spacial score (nSPS) is 11.6. The molecule has 1 unspecified atom stereocenters. The molecule has 0 aliphatic rings. The van der Waals surface area contributed by atoms with Gasteiger partial charge in [-0.3, -0.25) is 9.59 Å². The number of H-pyrrole nitrogens is 1. The van der Waals surface area contributed by atoms with Crippen LogP contribution in [0.2, 0.25) is 0 Å². The van der Waals surface area contributed by atoms with Crippen molar-refractivity contribution in [2.75, 3.05) is 13.7 Å². The molecule has 0 fully saturated rings. The molecule has 1 aromatic heterocycles. The second kappa shape index (κ2) is 11.4. The van der Waals surface area contributed by atoms with Gasteiger partial charge in [0.2, 0.25) is 0 Å². The summed E-state index contributed by atoms with van der Waals surface area (Å²) in [4.78, 5) is 41.8. The standard InChI is InChI=1S/C29H28N2O5/c1-3-19-8-10-21(11-9-19)28(33)31-26(16-22-17-30-25-7-5-4-6-24(22)25)29(34)36-18-27(32)20-12-14-23(35-2)15-13-20/h4-15,17,26,30H,3,16,18H2,1-2H3,(H,31,33). The van der Waals surface area contributed by atoms with E-state index in [0.717, 1.165) is 28.5 Å². The molecule has 4 rings (SSSR count). The molecule has 0 aliphatic heterocycles. The van der Waals surface area contributed by atoms with Crippen LogP contribution < -0.4 is 10.1 Å². The third-order valence-electron chi connectivity index (χ3n) is 6.07. The van der Waals surface area contributed by atoms with Crippen LogP contribution in [0.1, 0.15) is 38.8 Å². The monoisotopic (exact) mass is 484 g/mol. The Morgan fingerprint density at radius 3 is 2.31 bits per heavy atom. The van der Waals surface area contributed by atoms with Crippen LogP contribution in [0.5, 0.6) is 5.75 Å². The number of aryl methyl sites for hydroxylation is 1. The molecule has 3 aromatic carbocycles. The number of carbonyl (C=O) groups excluding carboxylic acids is 3. The van der Waals surface area contributed by atoms with Gasteiger partial charge in [-0.15, -0.1) is 0 Å². The summed E-state index contributed by atoms with van der Waals surface area (Å²) in [5, 5.41) is 3.75. The zero-order valence-corrected chi connectivity index (χ0v) is 20.2. The van der Waals surface area contributed by atoms with E-state index < -0.39 is 18.6 Å². The highest BCUT2D eigenvalue weighted by molar-refractivity contribution is 5.99. The zero-order chi connectivity index (χ0) is 25.5. The number of hydrogen-bond donors (Lipinski definition) is 2. The van der Waals surface area contributed by atoms with Crippen LogP contribution in [0.15, 0.2) is 79.0 Å². The molecule has 0 bridgehead atoms. The van der Waals surface area contributed by atoms with E-state index in [-0.39, 0.29) is 18.1 Å². The van der Waals surface area contributed by atoms with Crippen molar-refractivity contribution in [3.05, 3.63) is 101 Å². The van der Waals surface area contributed by atoms with Gasteiger partial charge in [0.25, 0.3) is 5.91 Å². The van der Waals surface area contributed by atoms with E-state index in [1.807, 2.05) is 49.5 Å². The van der Waals surface area contributed by atoms with E-state index in [1.165, 1.54) is 0 Å². The number of benzene rings is 3. The number of hydrogen-bond acceptors (Lipinski definition) is 5. The Bertz CT molecular complexity index is 1360. The predicted molar refractivity (Wildman–Crippen MR) is 137 cm³/mol. The predicted octanol–water partition coefficient (Wildman–Crippen LogP) is 4.51. The number of esters is 1. The maximum Gasteiger partial charge on any atom is 0.329 e.